The SMILES string of the molecule is CCc1[nH]nc(C(=O)Nc2ccc([C@@H]3O[C@@H]4C[C@H]3N(C(=O)OC(C)(C)C)C4)cc2)c1C. The van der Waals surface area contributed by atoms with Crippen molar-refractivity contribution < 1.29 is 19.1 Å². The quantitative estimate of drug-likeness (QED) is 0.771. The first-order valence-corrected chi connectivity index (χ1v) is 10.8. The molecule has 0 radical (unpaired) electrons. The molecule has 8 heteroatoms. The van der Waals surface area contributed by atoms with Gasteiger partial charge in [-0.15, -0.1) is 0 Å². The second-order valence-electron chi connectivity index (χ2n) is 9.22. The van der Waals surface area contributed by atoms with Crippen LogP contribution in [0.3, 0.4) is 0 Å². The molecule has 0 aliphatic carbocycles. The van der Waals surface area contributed by atoms with Gasteiger partial charge in [0.15, 0.2) is 5.69 Å². The van der Waals surface area contributed by atoms with Gasteiger partial charge < -0.3 is 14.8 Å². The summed E-state index contributed by atoms with van der Waals surface area (Å²) in [5, 5.41) is 9.94. The van der Waals surface area contributed by atoms with E-state index in [2.05, 4.69) is 15.5 Å². The molecule has 2 bridgehead atoms. The molecule has 4 rings (SSSR count). The average Bonchev–Trinajstić information content (AvgIpc) is 3.41. The fourth-order valence-electron chi connectivity index (χ4n) is 4.29. The Kier molecular flexibility index (Phi) is 5.51. The molecular formula is C23H30N4O4. The van der Waals surface area contributed by atoms with Crippen LogP contribution in [0.1, 0.15) is 67.5 Å². The molecule has 8 nitrogen and oxygen atoms in total. The molecule has 3 heterocycles. The first-order valence-electron chi connectivity index (χ1n) is 10.8. The van der Waals surface area contributed by atoms with Gasteiger partial charge in [-0.25, -0.2) is 4.79 Å². The monoisotopic (exact) mass is 426 g/mol. The number of nitrogens with one attached hydrogen (secondary N) is 2. The standard InChI is InChI=1S/C23H30N4O4/c1-6-17-13(2)19(26-25-17)21(28)24-15-9-7-14(8-10-15)20-18-11-16(30-20)12-27(18)22(29)31-23(3,4)5/h7-10,16,18,20H,6,11-12H2,1-5H3,(H,24,28)(H,25,26)/t16-,18-,20+/m1/s1. The van der Waals surface area contributed by atoms with Crippen molar-refractivity contribution >= 4 is 17.7 Å². The second kappa shape index (κ2) is 8.00. The Morgan fingerprint density at radius 1 is 1.29 bits per heavy atom. The van der Waals surface area contributed by atoms with Crippen LogP contribution in [-0.2, 0) is 15.9 Å². The number of rotatable bonds is 4. The van der Waals surface area contributed by atoms with Crippen molar-refractivity contribution in [1.29, 1.82) is 0 Å². The Morgan fingerprint density at radius 3 is 2.58 bits per heavy atom. The topological polar surface area (TPSA) is 96.5 Å². The number of aryl methyl sites for hydroxylation is 1. The zero-order valence-electron chi connectivity index (χ0n) is 18.7. The Morgan fingerprint density at radius 2 is 2.00 bits per heavy atom. The summed E-state index contributed by atoms with van der Waals surface area (Å²) >= 11 is 0. The molecule has 0 spiro atoms. The van der Waals surface area contributed by atoms with E-state index in [1.54, 1.807) is 4.90 Å². The van der Waals surface area contributed by atoms with Crippen molar-refractivity contribution in [2.75, 3.05) is 11.9 Å². The fourth-order valence-corrected chi connectivity index (χ4v) is 4.29. The summed E-state index contributed by atoms with van der Waals surface area (Å²) in [7, 11) is 0. The average molecular weight is 427 g/mol. The lowest BCUT2D eigenvalue weighted by Gasteiger charge is -2.34. The molecular weight excluding hydrogens is 396 g/mol. The van der Waals surface area contributed by atoms with Gasteiger partial charge in [0.05, 0.1) is 18.7 Å². The van der Waals surface area contributed by atoms with Gasteiger partial charge in [-0.2, -0.15) is 5.10 Å². The molecule has 3 atom stereocenters. The van der Waals surface area contributed by atoms with E-state index in [0.29, 0.717) is 17.9 Å². The van der Waals surface area contributed by atoms with Gasteiger partial charge in [-0.05, 0) is 58.2 Å². The predicted molar refractivity (Wildman–Crippen MR) is 116 cm³/mol. The van der Waals surface area contributed by atoms with Crippen molar-refractivity contribution in [1.82, 2.24) is 15.1 Å². The van der Waals surface area contributed by atoms with E-state index in [4.69, 9.17) is 9.47 Å². The summed E-state index contributed by atoms with van der Waals surface area (Å²) in [6.07, 6.45) is 1.14. The molecule has 31 heavy (non-hydrogen) atoms. The third-order valence-electron chi connectivity index (χ3n) is 5.80. The number of hydrogen-bond donors (Lipinski definition) is 2. The number of morpholine rings is 1. The first-order chi connectivity index (χ1) is 14.7. The van der Waals surface area contributed by atoms with Gasteiger partial charge in [0, 0.05) is 16.9 Å². The highest BCUT2D eigenvalue weighted by Gasteiger charge is 2.49. The molecule has 2 saturated heterocycles. The van der Waals surface area contributed by atoms with E-state index < -0.39 is 5.60 Å². The molecule has 1 aromatic carbocycles. The number of benzene rings is 1. The van der Waals surface area contributed by atoms with E-state index in [-0.39, 0.29) is 30.3 Å². The summed E-state index contributed by atoms with van der Waals surface area (Å²) < 4.78 is 11.7. The minimum Gasteiger partial charge on any atom is -0.444 e. The van der Waals surface area contributed by atoms with Crippen LogP contribution in [0.4, 0.5) is 10.5 Å². The van der Waals surface area contributed by atoms with Crippen LogP contribution in [0.5, 0.6) is 0 Å². The minimum absolute atomic E-state index is 0.0253. The van der Waals surface area contributed by atoms with E-state index in [1.807, 2.05) is 58.9 Å². The number of anilines is 1. The molecule has 2 aliphatic heterocycles. The predicted octanol–water partition coefficient (Wildman–Crippen LogP) is 3.98. The van der Waals surface area contributed by atoms with Crippen LogP contribution >= 0.6 is 0 Å². The molecule has 0 saturated carbocycles. The lowest BCUT2D eigenvalue weighted by molar-refractivity contribution is -0.0467. The highest BCUT2D eigenvalue weighted by molar-refractivity contribution is 6.03. The van der Waals surface area contributed by atoms with Crippen LogP contribution in [0.15, 0.2) is 24.3 Å². The summed E-state index contributed by atoms with van der Waals surface area (Å²) in [6.45, 7) is 10.1. The highest BCUT2D eigenvalue weighted by Crippen LogP contribution is 2.42. The number of carbonyl (C=O) groups excluding carboxylic acids is 2. The molecule has 2 aliphatic rings. The number of ether oxygens (including phenoxy) is 2. The van der Waals surface area contributed by atoms with Crippen molar-refractivity contribution in [2.45, 2.75) is 71.3 Å². The number of amides is 2. The number of H-pyrrole nitrogens is 1. The minimum atomic E-state index is -0.528. The largest absolute Gasteiger partial charge is 0.444 e. The molecule has 2 aromatic rings. The van der Waals surface area contributed by atoms with Gasteiger partial charge in [-0.1, -0.05) is 19.1 Å². The van der Waals surface area contributed by atoms with Crippen LogP contribution in [0, 0.1) is 6.92 Å². The number of fused-ring (bicyclic) bond motifs is 2. The van der Waals surface area contributed by atoms with E-state index in [1.165, 1.54) is 0 Å². The van der Waals surface area contributed by atoms with E-state index in [0.717, 1.165) is 29.7 Å². The summed E-state index contributed by atoms with van der Waals surface area (Å²) in [5.41, 5.74) is 3.37. The number of likely N-dealkylation sites (tertiary alicyclic amines) is 1. The lowest BCUT2D eigenvalue weighted by atomic mass is 10.0. The number of hydrogen-bond acceptors (Lipinski definition) is 5. The van der Waals surface area contributed by atoms with Crippen molar-refractivity contribution in [3.63, 3.8) is 0 Å². The maximum atomic E-state index is 12.6. The normalized spacial score (nSPS) is 22.6. The van der Waals surface area contributed by atoms with Crippen LogP contribution in [-0.4, -0.2) is 51.4 Å². The van der Waals surface area contributed by atoms with E-state index >= 15 is 0 Å². The van der Waals surface area contributed by atoms with Crippen LogP contribution in [0.25, 0.3) is 0 Å². The smallest absolute Gasteiger partial charge is 0.410 e. The van der Waals surface area contributed by atoms with Gasteiger partial charge in [0.1, 0.15) is 11.7 Å². The van der Waals surface area contributed by atoms with Gasteiger partial charge in [0.25, 0.3) is 5.91 Å². The third kappa shape index (κ3) is 4.30. The number of carbonyl (C=O) groups is 2. The Balaban J connectivity index is 1.43. The van der Waals surface area contributed by atoms with Gasteiger partial charge >= 0.3 is 6.09 Å². The summed E-state index contributed by atoms with van der Waals surface area (Å²) in [4.78, 5) is 26.9. The van der Waals surface area contributed by atoms with Crippen LogP contribution in [0.2, 0.25) is 0 Å². The zero-order chi connectivity index (χ0) is 22.3. The van der Waals surface area contributed by atoms with E-state index in [9.17, 15) is 9.59 Å². The van der Waals surface area contributed by atoms with Crippen LogP contribution < -0.4 is 5.32 Å². The van der Waals surface area contributed by atoms with Crippen molar-refractivity contribution in [3.8, 4) is 0 Å². The molecule has 1 aromatic heterocycles. The highest BCUT2D eigenvalue weighted by atomic mass is 16.6. The summed E-state index contributed by atoms with van der Waals surface area (Å²) in [5.74, 6) is -0.242. The molecule has 2 fully saturated rings. The fraction of sp³-hybridized carbons (Fsp3) is 0.522. The van der Waals surface area contributed by atoms with Crippen molar-refractivity contribution in [3.05, 3.63) is 46.8 Å². The second-order valence-corrected chi connectivity index (χ2v) is 9.22. The molecule has 0 unspecified atom stereocenters. The Labute approximate surface area is 182 Å². The Hall–Kier alpha value is -2.87. The third-order valence-corrected chi connectivity index (χ3v) is 5.80. The summed E-state index contributed by atoms with van der Waals surface area (Å²) in [6, 6.07) is 7.53. The first kappa shape index (κ1) is 21.4. The molecule has 2 N–H and O–H groups in total. The van der Waals surface area contributed by atoms with Crippen molar-refractivity contribution in [2.24, 2.45) is 0 Å². The van der Waals surface area contributed by atoms with Gasteiger partial charge in [0.2, 0.25) is 0 Å². The maximum absolute atomic E-state index is 12.6. The Bertz CT molecular complexity index is 976. The van der Waals surface area contributed by atoms with Gasteiger partial charge in [-0.3, -0.25) is 14.8 Å². The number of nitrogens with zero attached hydrogens (tertiary/aromatic N) is 2. The number of aromatic amines is 1. The molecule has 166 valence electrons. The number of aromatic nitrogens is 2. The maximum Gasteiger partial charge on any atom is 0.410 e. The zero-order valence-corrected chi connectivity index (χ0v) is 18.7. The lowest BCUT2D eigenvalue weighted by Crippen LogP contribution is -2.45. The molecule has 2 amide bonds.